The van der Waals surface area contributed by atoms with Crippen molar-refractivity contribution in [1.82, 2.24) is 0 Å². The molecule has 0 radical (unpaired) electrons. The molecule has 0 aromatic heterocycles. The van der Waals surface area contributed by atoms with Gasteiger partial charge in [-0.2, -0.15) is 5.26 Å². The summed E-state index contributed by atoms with van der Waals surface area (Å²) in [7, 11) is 0. The molecule has 0 saturated carbocycles. The minimum Gasteiger partial charge on any atom is -0.492 e. The summed E-state index contributed by atoms with van der Waals surface area (Å²) in [6.07, 6.45) is 0. The van der Waals surface area contributed by atoms with E-state index in [1.165, 1.54) is 0 Å². The number of ether oxygens (including phenoxy) is 1. The van der Waals surface area contributed by atoms with Crippen molar-refractivity contribution in [3.63, 3.8) is 0 Å². The molecule has 3 aromatic carbocycles. The standard InChI is InChI=1S/C25H18ClN3O3/c1-2-32-21-6-4-3-5-20(21)28-23-22(17-9-11-18(26)12-10-17)24(30)29(25(23)31)19-13-7-16(15-27)8-14-19/h3-14,28H,2H2,1H3. The van der Waals surface area contributed by atoms with E-state index in [1.807, 2.05) is 25.1 Å². The van der Waals surface area contributed by atoms with E-state index < -0.39 is 11.8 Å². The Morgan fingerprint density at radius 2 is 1.66 bits per heavy atom. The van der Waals surface area contributed by atoms with Crippen LogP contribution < -0.4 is 15.0 Å². The summed E-state index contributed by atoms with van der Waals surface area (Å²) >= 11 is 6.02. The lowest BCUT2D eigenvalue weighted by atomic mass is 10.0. The van der Waals surface area contributed by atoms with Crippen molar-refractivity contribution in [2.75, 3.05) is 16.8 Å². The third-order valence-electron chi connectivity index (χ3n) is 4.92. The maximum absolute atomic E-state index is 13.4. The predicted octanol–water partition coefficient (Wildman–Crippen LogP) is 5.01. The van der Waals surface area contributed by atoms with Gasteiger partial charge in [0.05, 0.1) is 35.2 Å². The maximum Gasteiger partial charge on any atom is 0.282 e. The summed E-state index contributed by atoms with van der Waals surface area (Å²) in [5.74, 6) is -0.413. The molecule has 3 aromatic rings. The number of amides is 2. The van der Waals surface area contributed by atoms with E-state index in [0.717, 1.165) is 4.90 Å². The highest BCUT2D eigenvalue weighted by Gasteiger charge is 2.40. The molecule has 4 rings (SSSR count). The fourth-order valence-electron chi connectivity index (χ4n) is 3.44. The molecule has 0 atom stereocenters. The van der Waals surface area contributed by atoms with Gasteiger partial charge in [-0.3, -0.25) is 9.59 Å². The van der Waals surface area contributed by atoms with E-state index in [1.54, 1.807) is 60.7 Å². The second-order valence-corrected chi connectivity index (χ2v) is 7.35. The number of para-hydroxylation sites is 2. The summed E-state index contributed by atoms with van der Waals surface area (Å²) in [5.41, 5.74) is 2.29. The smallest absolute Gasteiger partial charge is 0.282 e. The van der Waals surface area contributed by atoms with Gasteiger partial charge in [0, 0.05) is 5.02 Å². The van der Waals surface area contributed by atoms with Crippen LogP contribution in [-0.4, -0.2) is 18.4 Å². The number of nitrogens with one attached hydrogen (secondary N) is 1. The van der Waals surface area contributed by atoms with Crippen molar-refractivity contribution in [3.8, 4) is 11.8 Å². The van der Waals surface area contributed by atoms with Crippen molar-refractivity contribution in [3.05, 3.63) is 94.6 Å². The van der Waals surface area contributed by atoms with Crippen molar-refractivity contribution >= 4 is 40.4 Å². The molecule has 0 saturated heterocycles. The molecule has 0 fully saturated rings. The monoisotopic (exact) mass is 443 g/mol. The molecular weight excluding hydrogens is 426 g/mol. The summed E-state index contributed by atoms with van der Waals surface area (Å²) < 4.78 is 5.66. The zero-order valence-corrected chi connectivity index (χ0v) is 17.9. The van der Waals surface area contributed by atoms with Gasteiger partial charge in [-0.25, -0.2) is 4.90 Å². The van der Waals surface area contributed by atoms with Gasteiger partial charge in [-0.05, 0) is 61.0 Å². The SMILES string of the molecule is CCOc1ccccc1NC1=C(c2ccc(Cl)cc2)C(=O)N(c2ccc(C#N)cc2)C1=O. The summed E-state index contributed by atoms with van der Waals surface area (Å²) in [5, 5.41) is 12.7. The van der Waals surface area contributed by atoms with Crippen LogP contribution in [-0.2, 0) is 9.59 Å². The van der Waals surface area contributed by atoms with E-state index in [4.69, 9.17) is 21.6 Å². The fourth-order valence-corrected chi connectivity index (χ4v) is 3.56. The van der Waals surface area contributed by atoms with Crippen LogP contribution in [0.2, 0.25) is 5.02 Å². The lowest BCUT2D eigenvalue weighted by Crippen LogP contribution is -2.32. The lowest BCUT2D eigenvalue weighted by molar-refractivity contribution is -0.120. The molecule has 158 valence electrons. The number of rotatable bonds is 6. The third-order valence-corrected chi connectivity index (χ3v) is 5.17. The third kappa shape index (κ3) is 3.94. The topological polar surface area (TPSA) is 82.4 Å². The molecule has 0 aliphatic carbocycles. The van der Waals surface area contributed by atoms with Crippen LogP contribution in [0.1, 0.15) is 18.1 Å². The summed E-state index contributed by atoms with van der Waals surface area (Å²) in [4.78, 5) is 28.0. The number of carbonyl (C=O) groups excluding carboxylic acids is 2. The van der Waals surface area contributed by atoms with E-state index in [-0.39, 0.29) is 11.3 Å². The second kappa shape index (κ2) is 8.96. The van der Waals surface area contributed by atoms with Crippen molar-refractivity contribution in [2.45, 2.75) is 6.92 Å². The number of benzene rings is 3. The second-order valence-electron chi connectivity index (χ2n) is 6.92. The van der Waals surface area contributed by atoms with Crippen LogP contribution in [0.3, 0.4) is 0 Å². The van der Waals surface area contributed by atoms with Gasteiger partial charge in [0.1, 0.15) is 11.4 Å². The fraction of sp³-hybridized carbons (Fsp3) is 0.0800. The Labute approximate surface area is 190 Å². The number of anilines is 2. The number of halogens is 1. The maximum atomic E-state index is 13.4. The molecule has 6 nitrogen and oxygen atoms in total. The predicted molar refractivity (Wildman–Crippen MR) is 123 cm³/mol. The highest BCUT2D eigenvalue weighted by atomic mass is 35.5. The molecule has 1 N–H and O–H groups in total. The van der Waals surface area contributed by atoms with E-state index in [0.29, 0.717) is 39.9 Å². The van der Waals surface area contributed by atoms with Crippen LogP contribution in [0.4, 0.5) is 11.4 Å². The van der Waals surface area contributed by atoms with Crippen molar-refractivity contribution < 1.29 is 14.3 Å². The lowest BCUT2D eigenvalue weighted by Gasteiger charge is -2.16. The average Bonchev–Trinajstić information content (AvgIpc) is 3.05. The van der Waals surface area contributed by atoms with Crippen molar-refractivity contribution in [2.24, 2.45) is 0 Å². The largest absolute Gasteiger partial charge is 0.492 e. The van der Waals surface area contributed by atoms with Crippen LogP contribution in [0.25, 0.3) is 5.57 Å². The van der Waals surface area contributed by atoms with Crippen molar-refractivity contribution in [1.29, 1.82) is 5.26 Å². The molecule has 32 heavy (non-hydrogen) atoms. The zero-order valence-electron chi connectivity index (χ0n) is 17.1. The van der Waals surface area contributed by atoms with E-state index >= 15 is 0 Å². The molecule has 1 heterocycles. The normalized spacial score (nSPS) is 13.3. The molecule has 1 aliphatic heterocycles. The highest BCUT2D eigenvalue weighted by Crippen LogP contribution is 2.36. The average molecular weight is 444 g/mol. The number of carbonyl (C=O) groups is 2. The van der Waals surface area contributed by atoms with Gasteiger partial charge in [0.15, 0.2) is 0 Å². The zero-order chi connectivity index (χ0) is 22.7. The molecule has 0 spiro atoms. The molecular formula is C25H18ClN3O3. The van der Waals surface area contributed by atoms with E-state index in [9.17, 15) is 9.59 Å². The molecule has 0 bridgehead atoms. The first kappa shape index (κ1) is 21.2. The summed E-state index contributed by atoms with van der Waals surface area (Å²) in [6, 6.07) is 22.2. The Balaban J connectivity index is 1.81. The minimum atomic E-state index is -0.504. The van der Waals surface area contributed by atoms with Gasteiger partial charge in [0.25, 0.3) is 11.8 Å². The highest BCUT2D eigenvalue weighted by molar-refractivity contribution is 6.46. The Morgan fingerprint density at radius 1 is 0.969 bits per heavy atom. The van der Waals surface area contributed by atoms with Crippen LogP contribution in [0, 0.1) is 11.3 Å². The number of nitriles is 1. The number of hydrogen-bond donors (Lipinski definition) is 1. The Bertz CT molecular complexity index is 1260. The Morgan fingerprint density at radius 3 is 2.31 bits per heavy atom. The first-order valence-electron chi connectivity index (χ1n) is 9.91. The van der Waals surface area contributed by atoms with Gasteiger partial charge in [-0.1, -0.05) is 35.9 Å². The quantitative estimate of drug-likeness (QED) is 0.541. The first-order valence-corrected chi connectivity index (χ1v) is 10.3. The Hall–Kier alpha value is -4.08. The minimum absolute atomic E-state index is 0.133. The van der Waals surface area contributed by atoms with Gasteiger partial charge in [-0.15, -0.1) is 0 Å². The van der Waals surface area contributed by atoms with E-state index in [2.05, 4.69) is 5.32 Å². The Kier molecular flexibility index (Phi) is 5.93. The summed E-state index contributed by atoms with van der Waals surface area (Å²) in [6.45, 7) is 2.32. The van der Waals surface area contributed by atoms with Crippen LogP contribution in [0.5, 0.6) is 5.75 Å². The van der Waals surface area contributed by atoms with Crippen LogP contribution >= 0.6 is 11.6 Å². The number of hydrogen-bond acceptors (Lipinski definition) is 5. The number of nitrogens with zero attached hydrogens (tertiary/aromatic N) is 2. The molecule has 0 unspecified atom stereocenters. The van der Waals surface area contributed by atoms with Gasteiger partial charge < -0.3 is 10.1 Å². The number of imide groups is 1. The first-order chi connectivity index (χ1) is 15.5. The molecule has 7 heteroatoms. The van der Waals surface area contributed by atoms with Gasteiger partial charge in [0.2, 0.25) is 0 Å². The van der Waals surface area contributed by atoms with Gasteiger partial charge >= 0.3 is 0 Å². The molecule has 2 amide bonds. The van der Waals surface area contributed by atoms with Crippen LogP contribution in [0.15, 0.2) is 78.5 Å². The molecule has 1 aliphatic rings.